The van der Waals surface area contributed by atoms with Crippen LogP contribution in [0, 0.1) is 5.92 Å². The minimum atomic E-state index is -1.63. The fourth-order valence-electron chi connectivity index (χ4n) is 6.90. The average molecular weight is 958 g/mol. The number of amides is 5. The highest BCUT2D eigenvalue weighted by molar-refractivity contribution is 5.88. The first-order valence-corrected chi connectivity index (χ1v) is 23.5. The molecule has 0 fully saturated rings. The zero-order valence-corrected chi connectivity index (χ0v) is 38.9. The first kappa shape index (κ1) is 61.2. The van der Waals surface area contributed by atoms with Crippen LogP contribution in [-0.2, 0) is 52.7 Å². The third kappa shape index (κ3) is 34.2. The van der Waals surface area contributed by atoms with Gasteiger partial charge >= 0.3 is 35.8 Å². The number of carboxylic acid groups (broad SMARTS) is 6. The fraction of sp³-hybridized carbons (Fsp3) is 0.756. The minimum Gasteiger partial charge on any atom is -0.481 e. The number of unbranched alkanes of at least 4 members (excludes halogenated alkanes) is 14. The Bertz CT molecular complexity index is 1590. The number of carboxylic acids is 6. The van der Waals surface area contributed by atoms with Gasteiger partial charge in [0.1, 0.15) is 24.2 Å². The van der Waals surface area contributed by atoms with E-state index in [0.717, 1.165) is 70.6 Å². The van der Waals surface area contributed by atoms with E-state index in [9.17, 15) is 73.2 Å². The Kier molecular flexibility index (Phi) is 34.0. The lowest BCUT2D eigenvalue weighted by Gasteiger charge is -2.18. The Morgan fingerprint density at radius 2 is 0.597 bits per heavy atom. The lowest BCUT2D eigenvalue weighted by atomic mass is 10.0. The molecule has 0 bridgehead atoms. The Balaban J connectivity index is 4.56. The SMILES string of the molecule is C[C@@H](CCCCNC(=O)CC[C@H](NC(=O)CC[C@H](NC(=O)CC[C@H](NC(=O)CC[C@H](NC(=O)CCCCCCCCCCCCCCCCC(=O)O)C(=O)O)C(=O)O)C(=O)O)C(=O)O)C(=O)O. The first-order valence-electron chi connectivity index (χ1n) is 23.5. The fourth-order valence-corrected chi connectivity index (χ4v) is 6.90. The Morgan fingerprint density at radius 3 is 0.896 bits per heavy atom. The van der Waals surface area contributed by atoms with E-state index >= 15 is 0 Å². The molecule has 0 radical (unpaired) electrons. The quantitative estimate of drug-likeness (QED) is 0.0388. The van der Waals surface area contributed by atoms with E-state index in [4.69, 9.17) is 10.2 Å². The maximum absolute atomic E-state index is 12.6. The number of aliphatic carboxylic acids is 6. The van der Waals surface area contributed by atoms with Crippen LogP contribution in [0.5, 0.6) is 0 Å². The van der Waals surface area contributed by atoms with Gasteiger partial charge in [0.05, 0.1) is 5.92 Å². The number of hydrogen-bond donors (Lipinski definition) is 11. The monoisotopic (exact) mass is 958 g/mol. The van der Waals surface area contributed by atoms with Gasteiger partial charge in [0.15, 0.2) is 0 Å². The van der Waals surface area contributed by atoms with E-state index < -0.39 is 128 Å². The van der Waals surface area contributed by atoms with Crippen LogP contribution in [0.2, 0.25) is 0 Å². The number of carbonyl (C=O) groups is 11. The molecule has 0 aliphatic carbocycles. The molecule has 0 spiro atoms. The molecular weight excluding hydrogens is 883 g/mol. The second-order valence-corrected chi connectivity index (χ2v) is 16.9. The molecule has 0 saturated heterocycles. The van der Waals surface area contributed by atoms with Gasteiger partial charge in [0, 0.05) is 45.1 Å². The summed E-state index contributed by atoms with van der Waals surface area (Å²) in [5.74, 6) is -11.8. The highest BCUT2D eigenvalue weighted by atomic mass is 16.4. The molecule has 22 heteroatoms. The van der Waals surface area contributed by atoms with Gasteiger partial charge in [-0.2, -0.15) is 0 Å². The van der Waals surface area contributed by atoms with E-state index in [1.165, 1.54) is 12.8 Å². The van der Waals surface area contributed by atoms with Crippen LogP contribution in [0.4, 0.5) is 0 Å². The van der Waals surface area contributed by atoms with Gasteiger partial charge in [-0.25, -0.2) is 19.2 Å². The van der Waals surface area contributed by atoms with Crippen molar-refractivity contribution in [2.24, 2.45) is 5.92 Å². The third-order valence-electron chi connectivity index (χ3n) is 11.0. The van der Waals surface area contributed by atoms with Gasteiger partial charge in [-0.15, -0.1) is 0 Å². The Morgan fingerprint density at radius 1 is 0.313 bits per heavy atom. The molecule has 5 atom stereocenters. The maximum atomic E-state index is 12.6. The van der Waals surface area contributed by atoms with Gasteiger partial charge in [0.25, 0.3) is 0 Å². The highest BCUT2D eigenvalue weighted by Gasteiger charge is 2.27. The van der Waals surface area contributed by atoms with Gasteiger partial charge in [-0.3, -0.25) is 33.6 Å². The normalized spacial score (nSPS) is 13.1. The van der Waals surface area contributed by atoms with Gasteiger partial charge in [0.2, 0.25) is 29.5 Å². The number of carbonyl (C=O) groups excluding carboxylic acids is 5. The molecule has 0 heterocycles. The molecule has 0 aromatic carbocycles. The number of hydrogen-bond acceptors (Lipinski definition) is 11. The second kappa shape index (κ2) is 37.3. The Hall–Kier alpha value is -5.83. The number of rotatable bonds is 43. The van der Waals surface area contributed by atoms with Crippen molar-refractivity contribution in [1.29, 1.82) is 0 Å². The molecule has 0 aliphatic rings. The van der Waals surface area contributed by atoms with Crippen molar-refractivity contribution in [3.8, 4) is 0 Å². The van der Waals surface area contributed by atoms with Crippen molar-refractivity contribution in [2.75, 3.05) is 6.54 Å². The van der Waals surface area contributed by atoms with Crippen molar-refractivity contribution in [2.45, 2.75) is 204 Å². The molecule has 0 aromatic heterocycles. The molecule has 67 heavy (non-hydrogen) atoms. The van der Waals surface area contributed by atoms with Crippen molar-refractivity contribution < 1.29 is 83.4 Å². The summed E-state index contributed by atoms with van der Waals surface area (Å²) in [6, 6.07) is -6.15. The summed E-state index contributed by atoms with van der Waals surface area (Å²) in [7, 11) is 0. The van der Waals surface area contributed by atoms with Gasteiger partial charge in [-0.1, -0.05) is 90.4 Å². The molecular formula is C45H75N5O17. The summed E-state index contributed by atoms with van der Waals surface area (Å²) in [6.07, 6.45) is 12.4. The van der Waals surface area contributed by atoms with Crippen molar-refractivity contribution in [3.63, 3.8) is 0 Å². The van der Waals surface area contributed by atoms with E-state index in [0.29, 0.717) is 25.7 Å². The molecule has 0 aromatic rings. The molecule has 0 unspecified atom stereocenters. The summed E-state index contributed by atoms with van der Waals surface area (Å²) in [6.45, 7) is 1.81. The van der Waals surface area contributed by atoms with Crippen molar-refractivity contribution in [3.05, 3.63) is 0 Å². The second-order valence-electron chi connectivity index (χ2n) is 16.9. The van der Waals surface area contributed by atoms with Crippen LogP contribution in [0.15, 0.2) is 0 Å². The lowest BCUT2D eigenvalue weighted by Crippen LogP contribution is -2.45. The molecule has 0 saturated carbocycles. The zero-order valence-electron chi connectivity index (χ0n) is 38.9. The van der Waals surface area contributed by atoms with Crippen LogP contribution in [0.1, 0.15) is 180 Å². The molecule has 0 aliphatic heterocycles. The van der Waals surface area contributed by atoms with Crippen molar-refractivity contribution >= 4 is 65.4 Å². The standard InChI is InChI=1S/C45H75N5O17/c1-30(41(58)59)18-16-17-29-46-35(51)25-21-31(42(60)61)48-37(53)27-23-33(44(64)65)50-39(55)28-24-34(45(66)67)49-38(54)26-22-32(43(62)63)47-36(52)19-14-12-10-8-6-4-2-3-5-7-9-11-13-15-20-40(56)57/h30-34H,2-29H2,1H3,(H,46,51)(H,47,52)(H,48,53)(H,49,54)(H,50,55)(H,56,57)(H,58,59)(H,60,61)(H,62,63)(H,64,65)(H,66,67)/t30-,31-,32-,33-,34-/m0/s1. The minimum absolute atomic E-state index is 0.0973. The lowest BCUT2D eigenvalue weighted by molar-refractivity contribution is -0.144. The first-order chi connectivity index (χ1) is 31.7. The van der Waals surface area contributed by atoms with Crippen LogP contribution in [0.3, 0.4) is 0 Å². The number of nitrogens with one attached hydrogen (secondary N) is 5. The smallest absolute Gasteiger partial charge is 0.326 e. The van der Waals surface area contributed by atoms with Gasteiger partial charge < -0.3 is 57.2 Å². The maximum Gasteiger partial charge on any atom is 0.326 e. The molecule has 5 amide bonds. The van der Waals surface area contributed by atoms with E-state index in [1.54, 1.807) is 6.92 Å². The predicted molar refractivity (Wildman–Crippen MR) is 240 cm³/mol. The van der Waals surface area contributed by atoms with E-state index in [2.05, 4.69) is 26.6 Å². The predicted octanol–water partition coefficient (Wildman–Crippen LogP) is 3.72. The molecule has 0 rings (SSSR count). The summed E-state index contributed by atoms with van der Waals surface area (Å²) >= 11 is 0. The summed E-state index contributed by atoms with van der Waals surface area (Å²) in [5, 5.41) is 67.4. The molecule has 382 valence electrons. The third-order valence-corrected chi connectivity index (χ3v) is 11.0. The highest BCUT2D eigenvalue weighted by Crippen LogP contribution is 2.14. The average Bonchev–Trinajstić information content (AvgIpc) is 3.25. The topological polar surface area (TPSA) is 369 Å². The summed E-state index contributed by atoms with van der Waals surface area (Å²) in [4.78, 5) is 131. The van der Waals surface area contributed by atoms with Crippen LogP contribution in [0.25, 0.3) is 0 Å². The largest absolute Gasteiger partial charge is 0.481 e. The zero-order chi connectivity index (χ0) is 50.6. The van der Waals surface area contributed by atoms with E-state index in [-0.39, 0.29) is 38.6 Å². The van der Waals surface area contributed by atoms with Crippen molar-refractivity contribution in [1.82, 2.24) is 26.6 Å². The van der Waals surface area contributed by atoms with E-state index in [1.807, 2.05) is 0 Å². The summed E-state index contributed by atoms with van der Waals surface area (Å²) in [5.41, 5.74) is 0. The van der Waals surface area contributed by atoms with Gasteiger partial charge in [-0.05, 0) is 51.4 Å². The summed E-state index contributed by atoms with van der Waals surface area (Å²) < 4.78 is 0. The Labute approximate surface area is 391 Å². The van der Waals surface area contributed by atoms with Crippen LogP contribution < -0.4 is 26.6 Å². The van der Waals surface area contributed by atoms with Crippen LogP contribution in [-0.4, -0.2) is 127 Å². The van der Waals surface area contributed by atoms with Crippen LogP contribution >= 0.6 is 0 Å². The molecule has 22 nitrogen and oxygen atoms in total. The molecule has 11 N–H and O–H groups in total.